The lowest BCUT2D eigenvalue weighted by Gasteiger charge is -2.29. The lowest BCUT2D eigenvalue weighted by molar-refractivity contribution is -0.137. The predicted molar refractivity (Wildman–Crippen MR) is 187 cm³/mol. The van der Waals surface area contributed by atoms with Crippen LogP contribution in [0, 0.1) is 5.92 Å². The van der Waals surface area contributed by atoms with Gasteiger partial charge >= 0.3 is 0 Å². The van der Waals surface area contributed by atoms with Gasteiger partial charge in [0.25, 0.3) is 0 Å². The normalized spacial score (nSPS) is 14.8. The number of carbonyl (C=O) groups is 6. The summed E-state index contributed by atoms with van der Waals surface area (Å²) in [5.74, 6) is -3.96. The summed E-state index contributed by atoms with van der Waals surface area (Å²) >= 11 is 0. The Kier molecular flexibility index (Phi) is 24.9. The minimum atomic E-state index is -1.47. The van der Waals surface area contributed by atoms with Gasteiger partial charge in [-0.15, -0.1) is 0 Å². The van der Waals surface area contributed by atoms with Gasteiger partial charge in [-0.05, 0) is 32.6 Å². The molecule has 8 N–H and O–H groups in total. The number of aliphatic hydroxyl groups is 1. The zero-order valence-electron chi connectivity index (χ0n) is 30.5. The minimum absolute atomic E-state index is 0.0884. The molecule has 0 aliphatic rings. The third kappa shape index (κ3) is 20.2. The van der Waals surface area contributed by atoms with Crippen molar-refractivity contribution in [1.29, 1.82) is 0 Å². The zero-order chi connectivity index (χ0) is 36.5. The van der Waals surface area contributed by atoms with Gasteiger partial charge in [0.15, 0.2) is 0 Å². The molecule has 0 aliphatic carbocycles. The second kappa shape index (κ2) is 26.7. The van der Waals surface area contributed by atoms with Crippen LogP contribution in [0.4, 0.5) is 0 Å². The van der Waals surface area contributed by atoms with E-state index in [2.05, 4.69) is 33.5 Å². The van der Waals surface area contributed by atoms with Gasteiger partial charge in [0.2, 0.25) is 35.4 Å². The molecule has 0 aromatic carbocycles. The van der Waals surface area contributed by atoms with Crippen molar-refractivity contribution in [2.24, 2.45) is 11.7 Å². The number of nitrogens with two attached hydrogens (primary N) is 1. The van der Waals surface area contributed by atoms with Crippen molar-refractivity contribution in [3.63, 3.8) is 0 Å². The molecule has 278 valence electrons. The Labute approximate surface area is 288 Å². The fraction of sp³-hybridized carbons (Fsp3) is 0.829. The monoisotopic (exact) mass is 682 g/mol. The number of amides is 6. The number of rotatable bonds is 28. The van der Waals surface area contributed by atoms with Crippen molar-refractivity contribution >= 4 is 35.4 Å². The highest BCUT2D eigenvalue weighted by Crippen LogP contribution is 2.14. The summed E-state index contributed by atoms with van der Waals surface area (Å²) in [6.07, 6.45) is 14.4. The molecule has 13 heteroatoms. The Morgan fingerprint density at radius 1 is 0.604 bits per heavy atom. The molecule has 0 spiro atoms. The largest absolute Gasteiger partial charge is 0.391 e. The van der Waals surface area contributed by atoms with Gasteiger partial charge in [0.05, 0.1) is 6.10 Å². The van der Waals surface area contributed by atoms with Crippen molar-refractivity contribution in [3.05, 3.63) is 0 Å². The molecule has 0 aliphatic heterocycles. The number of carbonyl (C=O) groups excluding carboxylic acids is 6. The minimum Gasteiger partial charge on any atom is -0.391 e. The molecule has 48 heavy (non-hydrogen) atoms. The molecule has 6 amide bonds. The highest BCUT2D eigenvalue weighted by molar-refractivity contribution is 5.96. The van der Waals surface area contributed by atoms with Crippen molar-refractivity contribution in [3.8, 4) is 0 Å². The van der Waals surface area contributed by atoms with Crippen molar-refractivity contribution in [1.82, 2.24) is 26.6 Å². The SMILES string of the molecule is CCCCCCCCCCCCCCCC(=O)N[C@@H](CCC(N)=O)C(=O)N[C@H](C(=O)N[C@H](C(=O)N[C@@H](C)C(=O)NC)[C@@H](C)CC)[C@@H](C)O. The Balaban J connectivity index is 5.07. The summed E-state index contributed by atoms with van der Waals surface area (Å²) in [6.45, 7) is 8.62. The number of hydrogen-bond acceptors (Lipinski definition) is 7. The molecular formula is C35H66N6O7. The predicted octanol–water partition coefficient (Wildman–Crippen LogP) is 2.87. The van der Waals surface area contributed by atoms with Crippen LogP contribution in [0.2, 0.25) is 0 Å². The molecule has 0 unspecified atom stereocenters. The van der Waals surface area contributed by atoms with Gasteiger partial charge in [-0.1, -0.05) is 104 Å². The van der Waals surface area contributed by atoms with Gasteiger partial charge in [0.1, 0.15) is 24.2 Å². The summed E-state index contributed by atoms with van der Waals surface area (Å²) < 4.78 is 0. The summed E-state index contributed by atoms with van der Waals surface area (Å²) in [7, 11) is 1.44. The first-order chi connectivity index (χ1) is 22.8. The van der Waals surface area contributed by atoms with Gasteiger partial charge in [-0.2, -0.15) is 0 Å². The van der Waals surface area contributed by atoms with E-state index in [9.17, 15) is 33.9 Å². The fourth-order valence-corrected chi connectivity index (χ4v) is 5.31. The van der Waals surface area contributed by atoms with Gasteiger partial charge in [-0.25, -0.2) is 0 Å². The highest BCUT2D eigenvalue weighted by Gasteiger charge is 2.34. The quantitative estimate of drug-likeness (QED) is 0.0613. The summed E-state index contributed by atoms with van der Waals surface area (Å²) in [6, 6.07) is -4.55. The lowest BCUT2D eigenvalue weighted by Crippen LogP contribution is -2.61. The maximum Gasteiger partial charge on any atom is 0.245 e. The molecule has 0 fully saturated rings. The zero-order valence-corrected chi connectivity index (χ0v) is 30.5. The van der Waals surface area contributed by atoms with Crippen molar-refractivity contribution < 1.29 is 33.9 Å². The van der Waals surface area contributed by atoms with E-state index >= 15 is 0 Å². The molecule has 0 heterocycles. The van der Waals surface area contributed by atoms with Gasteiger partial charge < -0.3 is 37.4 Å². The molecular weight excluding hydrogens is 616 g/mol. The summed E-state index contributed by atoms with van der Waals surface area (Å²) in [5.41, 5.74) is 5.30. The van der Waals surface area contributed by atoms with E-state index in [1.165, 1.54) is 78.7 Å². The maximum atomic E-state index is 13.3. The molecule has 0 saturated heterocycles. The van der Waals surface area contributed by atoms with Crippen LogP contribution in [0.15, 0.2) is 0 Å². The Morgan fingerprint density at radius 3 is 1.54 bits per heavy atom. The standard InChI is InChI=1S/C35H66N6O7/c1-7-9-10-11-12-13-14-15-16-17-18-19-20-21-29(44)39-27(22-23-28(36)43)33(46)41-31(26(5)42)35(48)40-30(24(3)8-2)34(47)38-25(4)32(45)37-6/h24-27,30-31,42H,7-23H2,1-6H3,(H2,36,43)(H,37,45)(H,38,47)(H,39,44)(H,40,48)(H,41,46)/t24-,25-,26+,27-,30-,31-/m0/s1. The molecule has 0 aromatic rings. The molecule has 6 atom stereocenters. The molecule has 0 aromatic heterocycles. The molecule has 0 rings (SSSR count). The Hall–Kier alpha value is -3.22. The number of unbranched alkanes of at least 4 members (excludes halogenated alkanes) is 12. The van der Waals surface area contributed by atoms with Crippen LogP contribution < -0.4 is 32.3 Å². The van der Waals surface area contributed by atoms with E-state index in [-0.39, 0.29) is 31.1 Å². The van der Waals surface area contributed by atoms with E-state index in [1.807, 2.05) is 6.92 Å². The highest BCUT2D eigenvalue weighted by atomic mass is 16.3. The number of hydrogen-bond donors (Lipinski definition) is 7. The summed E-state index contributed by atoms with van der Waals surface area (Å²) in [5, 5.41) is 23.1. The lowest BCUT2D eigenvalue weighted by atomic mass is 9.97. The van der Waals surface area contributed by atoms with E-state index in [4.69, 9.17) is 5.73 Å². The number of primary amides is 1. The smallest absolute Gasteiger partial charge is 0.245 e. The maximum absolute atomic E-state index is 13.3. The molecule has 0 bridgehead atoms. The van der Waals surface area contributed by atoms with Gasteiger partial charge in [-0.3, -0.25) is 28.8 Å². The second-order valence-corrected chi connectivity index (χ2v) is 13.1. The molecule has 13 nitrogen and oxygen atoms in total. The van der Waals surface area contributed by atoms with Crippen LogP contribution >= 0.6 is 0 Å². The number of nitrogens with one attached hydrogen (secondary N) is 5. The second-order valence-electron chi connectivity index (χ2n) is 13.1. The number of likely N-dealkylation sites (N-methyl/N-ethyl adjacent to an activating group) is 1. The van der Waals surface area contributed by atoms with Crippen molar-refractivity contribution in [2.45, 2.75) is 174 Å². The van der Waals surface area contributed by atoms with Crippen LogP contribution in [0.3, 0.4) is 0 Å². The first-order valence-corrected chi connectivity index (χ1v) is 18.2. The van der Waals surface area contributed by atoms with Crippen LogP contribution in [-0.4, -0.2) is 77.9 Å². The van der Waals surface area contributed by atoms with Crippen molar-refractivity contribution in [2.75, 3.05) is 7.05 Å². The third-order valence-corrected chi connectivity index (χ3v) is 8.69. The first kappa shape index (κ1) is 44.8. The third-order valence-electron chi connectivity index (χ3n) is 8.69. The van der Waals surface area contributed by atoms with Crippen LogP contribution in [-0.2, 0) is 28.8 Å². The summed E-state index contributed by atoms with van der Waals surface area (Å²) in [4.78, 5) is 75.7. The molecule has 0 radical (unpaired) electrons. The average molecular weight is 683 g/mol. The van der Waals surface area contributed by atoms with Crippen LogP contribution in [0.5, 0.6) is 0 Å². The van der Waals surface area contributed by atoms with E-state index in [1.54, 1.807) is 6.92 Å². The topological polar surface area (TPSA) is 209 Å². The Bertz CT molecular complexity index is 977. The first-order valence-electron chi connectivity index (χ1n) is 18.2. The fourth-order valence-electron chi connectivity index (χ4n) is 5.31. The number of aliphatic hydroxyl groups excluding tert-OH is 1. The van der Waals surface area contributed by atoms with Gasteiger partial charge in [0, 0.05) is 19.9 Å². The van der Waals surface area contributed by atoms with Crippen LogP contribution in [0.25, 0.3) is 0 Å². The van der Waals surface area contributed by atoms with E-state index < -0.39 is 59.8 Å². The van der Waals surface area contributed by atoms with Crippen LogP contribution in [0.1, 0.15) is 144 Å². The van der Waals surface area contributed by atoms with E-state index in [0.29, 0.717) is 12.8 Å². The average Bonchev–Trinajstić information content (AvgIpc) is 3.04. The molecule has 0 saturated carbocycles. The Morgan fingerprint density at radius 2 is 1.08 bits per heavy atom. The van der Waals surface area contributed by atoms with E-state index in [0.717, 1.165) is 19.3 Å².